The van der Waals surface area contributed by atoms with Gasteiger partial charge in [-0.15, -0.1) is 11.3 Å². The van der Waals surface area contributed by atoms with Crippen molar-refractivity contribution in [2.75, 3.05) is 6.61 Å². The van der Waals surface area contributed by atoms with Gasteiger partial charge in [-0.1, -0.05) is 20.3 Å². The van der Waals surface area contributed by atoms with Crippen molar-refractivity contribution in [3.8, 4) is 0 Å². The third-order valence-electron chi connectivity index (χ3n) is 3.36. The number of aryl methyl sites for hydroxylation is 1. The molecule has 0 aliphatic heterocycles. The molecule has 2 N–H and O–H groups in total. The number of aliphatic hydroxyl groups excluding tert-OH is 1. The zero-order valence-electron chi connectivity index (χ0n) is 10.7. The largest absolute Gasteiger partial charge is 0.394 e. The molecule has 0 saturated heterocycles. The Morgan fingerprint density at radius 2 is 2.12 bits per heavy atom. The van der Waals surface area contributed by atoms with E-state index in [0.717, 1.165) is 6.42 Å². The molecular weight excluding hydrogens is 218 g/mol. The molecule has 0 aliphatic carbocycles. The second-order valence-corrected chi connectivity index (χ2v) is 5.49. The maximum atomic E-state index is 9.47. The summed E-state index contributed by atoms with van der Waals surface area (Å²) in [6.45, 7) is 8.91. The van der Waals surface area contributed by atoms with Gasteiger partial charge in [-0.3, -0.25) is 0 Å². The third kappa shape index (κ3) is 3.30. The lowest BCUT2D eigenvalue weighted by Gasteiger charge is -2.25. The Morgan fingerprint density at radius 1 is 1.44 bits per heavy atom. The van der Waals surface area contributed by atoms with E-state index in [0.29, 0.717) is 12.0 Å². The summed E-state index contributed by atoms with van der Waals surface area (Å²) in [4.78, 5) is 1.26. The zero-order valence-corrected chi connectivity index (χ0v) is 11.5. The van der Waals surface area contributed by atoms with Gasteiger partial charge in [0.15, 0.2) is 0 Å². The number of thiophene rings is 1. The van der Waals surface area contributed by atoms with Gasteiger partial charge in [-0.2, -0.15) is 0 Å². The van der Waals surface area contributed by atoms with Crippen molar-refractivity contribution < 1.29 is 5.11 Å². The van der Waals surface area contributed by atoms with Gasteiger partial charge in [-0.25, -0.2) is 0 Å². The van der Waals surface area contributed by atoms with Gasteiger partial charge in [0.1, 0.15) is 0 Å². The van der Waals surface area contributed by atoms with E-state index in [1.54, 1.807) is 11.3 Å². The van der Waals surface area contributed by atoms with E-state index < -0.39 is 0 Å². The summed E-state index contributed by atoms with van der Waals surface area (Å²) in [6.07, 6.45) is 1.16. The van der Waals surface area contributed by atoms with Crippen LogP contribution in [0, 0.1) is 12.8 Å². The highest BCUT2D eigenvalue weighted by molar-refractivity contribution is 7.10. The van der Waals surface area contributed by atoms with Gasteiger partial charge in [0.2, 0.25) is 0 Å². The molecule has 1 rings (SSSR count). The van der Waals surface area contributed by atoms with Crippen LogP contribution in [0.15, 0.2) is 11.4 Å². The number of hydrogen-bond donors (Lipinski definition) is 2. The lowest BCUT2D eigenvalue weighted by atomic mass is 9.99. The van der Waals surface area contributed by atoms with Crippen molar-refractivity contribution in [3.63, 3.8) is 0 Å². The number of aliphatic hydroxyl groups is 1. The fraction of sp³-hybridized carbons (Fsp3) is 0.692. The summed E-state index contributed by atoms with van der Waals surface area (Å²) in [5.74, 6) is 0.634. The average Bonchev–Trinajstić information content (AvgIpc) is 2.70. The maximum Gasteiger partial charge on any atom is 0.0654 e. The molecule has 0 saturated carbocycles. The third-order valence-corrected chi connectivity index (χ3v) is 4.49. The molecule has 2 nitrogen and oxygen atoms in total. The molecule has 0 radical (unpaired) electrons. The second-order valence-electron chi connectivity index (χ2n) is 4.54. The van der Waals surface area contributed by atoms with E-state index in [-0.39, 0.29) is 12.6 Å². The molecule has 1 heterocycles. The molecule has 0 aromatic carbocycles. The van der Waals surface area contributed by atoms with Crippen molar-refractivity contribution in [2.24, 2.45) is 5.92 Å². The van der Waals surface area contributed by atoms with Crippen LogP contribution in [-0.2, 0) is 0 Å². The normalized spacial score (nSPS) is 17.1. The molecule has 0 amide bonds. The van der Waals surface area contributed by atoms with Crippen LogP contribution >= 0.6 is 11.3 Å². The van der Waals surface area contributed by atoms with Crippen molar-refractivity contribution in [1.82, 2.24) is 5.32 Å². The summed E-state index contributed by atoms with van der Waals surface area (Å²) >= 11 is 1.72. The summed E-state index contributed by atoms with van der Waals surface area (Å²) in [6, 6.07) is 2.63. The lowest BCUT2D eigenvalue weighted by Crippen LogP contribution is -2.36. The standard InChI is InChI=1S/C13H23NOS/c1-5-9(2)11(4)14-12(8-15)13-10(3)6-7-16-13/h6-7,9,11-12,14-15H,5,8H2,1-4H3. The minimum absolute atomic E-state index is 0.0870. The first-order chi connectivity index (χ1) is 7.60. The highest BCUT2D eigenvalue weighted by atomic mass is 32.1. The van der Waals surface area contributed by atoms with E-state index in [4.69, 9.17) is 0 Å². The average molecular weight is 241 g/mol. The van der Waals surface area contributed by atoms with Gasteiger partial charge >= 0.3 is 0 Å². The predicted octanol–water partition coefficient (Wildman–Crippen LogP) is 3.11. The molecule has 3 atom stereocenters. The summed E-state index contributed by atoms with van der Waals surface area (Å²) < 4.78 is 0. The minimum Gasteiger partial charge on any atom is -0.394 e. The Balaban J connectivity index is 2.66. The molecule has 1 aromatic heterocycles. The van der Waals surface area contributed by atoms with Crippen LogP contribution in [-0.4, -0.2) is 17.8 Å². The molecule has 0 aliphatic rings. The van der Waals surface area contributed by atoms with Crippen molar-refractivity contribution in [1.29, 1.82) is 0 Å². The molecule has 0 fully saturated rings. The van der Waals surface area contributed by atoms with E-state index in [1.807, 2.05) is 0 Å². The van der Waals surface area contributed by atoms with E-state index in [1.165, 1.54) is 10.4 Å². The number of hydrogen-bond acceptors (Lipinski definition) is 3. The van der Waals surface area contributed by atoms with Gasteiger partial charge in [0.05, 0.1) is 12.6 Å². The van der Waals surface area contributed by atoms with Crippen LogP contribution in [0.25, 0.3) is 0 Å². The van der Waals surface area contributed by atoms with Crippen molar-refractivity contribution in [3.05, 3.63) is 21.9 Å². The first-order valence-electron chi connectivity index (χ1n) is 6.01. The Kier molecular flexibility index (Phi) is 5.46. The molecule has 92 valence electrons. The molecule has 0 bridgehead atoms. The summed E-state index contributed by atoms with van der Waals surface area (Å²) in [5, 5.41) is 15.1. The molecular formula is C13H23NOS. The Hall–Kier alpha value is -0.380. The Bertz CT molecular complexity index is 311. The monoisotopic (exact) mass is 241 g/mol. The van der Waals surface area contributed by atoms with E-state index in [9.17, 15) is 5.11 Å². The van der Waals surface area contributed by atoms with Crippen molar-refractivity contribution >= 4 is 11.3 Å². The number of nitrogens with one attached hydrogen (secondary N) is 1. The van der Waals surface area contributed by atoms with Gasteiger partial charge < -0.3 is 10.4 Å². The van der Waals surface area contributed by atoms with Crippen molar-refractivity contribution in [2.45, 2.75) is 46.2 Å². The first kappa shape index (κ1) is 13.7. The summed E-state index contributed by atoms with van der Waals surface area (Å²) in [7, 11) is 0. The topological polar surface area (TPSA) is 32.3 Å². The molecule has 1 aromatic rings. The van der Waals surface area contributed by atoms with Crippen LogP contribution in [0.3, 0.4) is 0 Å². The van der Waals surface area contributed by atoms with E-state index >= 15 is 0 Å². The van der Waals surface area contributed by atoms with Crippen LogP contribution < -0.4 is 5.32 Å². The quantitative estimate of drug-likeness (QED) is 0.802. The van der Waals surface area contributed by atoms with Gasteiger partial charge in [0.25, 0.3) is 0 Å². The highest BCUT2D eigenvalue weighted by Crippen LogP contribution is 2.24. The first-order valence-corrected chi connectivity index (χ1v) is 6.89. The Labute approximate surface area is 103 Å². The highest BCUT2D eigenvalue weighted by Gasteiger charge is 2.18. The van der Waals surface area contributed by atoms with Crippen LogP contribution in [0.2, 0.25) is 0 Å². The Morgan fingerprint density at radius 3 is 2.56 bits per heavy atom. The van der Waals surface area contributed by atoms with E-state index in [2.05, 4.69) is 44.5 Å². The lowest BCUT2D eigenvalue weighted by molar-refractivity contribution is 0.223. The van der Waals surface area contributed by atoms with Gasteiger partial charge in [0, 0.05) is 10.9 Å². The molecule has 3 heteroatoms. The fourth-order valence-corrected chi connectivity index (χ4v) is 2.77. The smallest absolute Gasteiger partial charge is 0.0654 e. The van der Waals surface area contributed by atoms with Crippen LogP contribution in [0.5, 0.6) is 0 Å². The molecule has 3 unspecified atom stereocenters. The molecule has 16 heavy (non-hydrogen) atoms. The predicted molar refractivity (Wildman–Crippen MR) is 70.9 cm³/mol. The second kappa shape index (κ2) is 6.38. The van der Waals surface area contributed by atoms with Crippen LogP contribution in [0.4, 0.5) is 0 Å². The zero-order chi connectivity index (χ0) is 12.1. The summed E-state index contributed by atoms with van der Waals surface area (Å²) in [5.41, 5.74) is 1.27. The number of rotatable bonds is 6. The van der Waals surface area contributed by atoms with Crippen LogP contribution in [0.1, 0.15) is 43.7 Å². The fourth-order valence-electron chi connectivity index (χ4n) is 1.79. The SMILES string of the molecule is CCC(C)C(C)NC(CO)c1sccc1C. The maximum absolute atomic E-state index is 9.47. The minimum atomic E-state index is 0.0870. The van der Waals surface area contributed by atoms with Gasteiger partial charge in [-0.05, 0) is 36.8 Å². The molecule has 0 spiro atoms.